The molecule has 2 aliphatic rings. The van der Waals surface area contributed by atoms with Crippen LogP contribution in [0.15, 0.2) is 24.3 Å². The Labute approximate surface area is 152 Å². The number of nitrogens with zero attached hydrogens (tertiary/aromatic N) is 2. The van der Waals surface area contributed by atoms with Crippen LogP contribution in [0.1, 0.15) is 12.0 Å². The molecule has 0 aromatic heterocycles. The maximum absolute atomic E-state index is 12.2. The average molecular weight is 361 g/mol. The second-order valence-corrected chi connectivity index (χ2v) is 6.44. The molecule has 2 fully saturated rings. The highest BCUT2D eigenvalue weighted by Crippen LogP contribution is 2.15. The summed E-state index contributed by atoms with van der Waals surface area (Å²) in [6.07, 6.45) is 0.568. The van der Waals surface area contributed by atoms with Gasteiger partial charge in [-0.3, -0.25) is 14.5 Å². The molecule has 8 nitrogen and oxygen atoms in total. The van der Waals surface area contributed by atoms with Crippen LogP contribution in [-0.4, -0.2) is 73.6 Å². The van der Waals surface area contributed by atoms with Gasteiger partial charge in [-0.05, 0) is 24.1 Å². The summed E-state index contributed by atoms with van der Waals surface area (Å²) in [4.78, 5) is 38.7. The van der Waals surface area contributed by atoms with Crippen LogP contribution in [0.25, 0.3) is 0 Å². The van der Waals surface area contributed by atoms with Gasteiger partial charge < -0.3 is 19.7 Å². The Morgan fingerprint density at radius 1 is 1.27 bits per heavy atom. The Morgan fingerprint density at radius 2 is 2.04 bits per heavy atom. The van der Waals surface area contributed by atoms with Gasteiger partial charge in [0.15, 0.2) is 0 Å². The number of carbonyl (C=O) groups is 3. The molecule has 0 aliphatic carbocycles. The Morgan fingerprint density at radius 3 is 2.69 bits per heavy atom. The Kier molecular flexibility index (Phi) is 5.60. The SMILES string of the molecule is COc1ccc(CCN2C[C@@H](NC(=O)CN3CCOC3=O)CC2=O)cc1. The topological polar surface area (TPSA) is 88.2 Å². The van der Waals surface area contributed by atoms with Gasteiger partial charge in [0.1, 0.15) is 18.9 Å². The summed E-state index contributed by atoms with van der Waals surface area (Å²) in [5.74, 6) is 0.568. The van der Waals surface area contributed by atoms with Gasteiger partial charge in [-0.25, -0.2) is 4.79 Å². The lowest BCUT2D eigenvalue weighted by Crippen LogP contribution is -2.43. The molecule has 3 amide bonds. The van der Waals surface area contributed by atoms with Gasteiger partial charge in [0.2, 0.25) is 11.8 Å². The fourth-order valence-corrected chi connectivity index (χ4v) is 3.16. The highest BCUT2D eigenvalue weighted by molar-refractivity contribution is 5.85. The normalized spacial score (nSPS) is 19.7. The smallest absolute Gasteiger partial charge is 0.410 e. The van der Waals surface area contributed by atoms with Gasteiger partial charge in [0.25, 0.3) is 0 Å². The summed E-state index contributed by atoms with van der Waals surface area (Å²) in [6.45, 7) is 1.80. The van der Waals surface area contributed by atoms with E-state index in [0.29, 0.717) is 32.7 Å². The van der Waals surface area contributed by atoms with Gasteiger partial charge in [0.05, 0.1) is 19.7 Å². The quantitative estimate of drug-likeness (QED) is 0.760. The van der Waals surface area contributed by atoms with E-state index in [9.17, 15) is 14.4 Å². The van der Waals surface area contributed by atoms with Crippen molar-refractivity contribution < 1.29 is 23.9 Å². The van der Waals surface area contributed by atoms with E-state index >= 15 is 0 Å². The van der Waals surface area contributed by atoms with Crippen LogP contribution in [0.5, 0.6) is 5.75 Å². The van der Waals surface area contributed by atoms with Gasteiger partial charge >= 0.3 is 6.09 Å². The molecule has 26 heavy (non-hydrogen) atoms. The molecule has 8 heteroatoms. The molecule has 0 bridgehead atoms. The zero-order chi connectivity index (χ0) is 18.5. The first-order valence-corrected chi connectivity index (χ1v) is 8.67. The van der Waals surface area contributed by atoms with Gasteiger partial charge in [-0.2, -0.15) is 0 Å². The molecule has 2 saturated heterocycles. The molecule has 1 atom stereocenters. The van der Waals surface area contributed by atoms with Crippen LogP contribution in [0.4, 0.5) is 4.79 Å². The summed E-state index contributed by atoms with van der Waals surface area (Å²) in [5.41, 5.74) is 1.12. The van der Waals surface area contributed by atoms with E-state index in [2.05, 4.69) is 5.32 Å². The second-order valence-electron chi connectivity index (χ2n) is 6.44. The largest absolute Gasteiger partial charge is 0.497 e. The minimum absolute atomic E-state index is 0.0318. The van der Waals surface area contributed by atoms with Gasteiger partial charge in [0, 0.05) is 19.5 Å². The standard InChI is InChI=1S/C18H23N3O5/c1-25-15-4-2-13(3-5-15)6-7-20-11-14(10-17(20)23)19-16(22)12-21-8-9-26-18(21)24/h2-5,14H,6-12H2,1H3,(H,19,22)/t14-/m0/s1. The van der Waals surface area contributed by atoms with Crippen LogP contribution in [0, 0.1) is 0 Å². The molecule has 0 radical (unpaired) electrons. The summed E-state index contributed by atoms with van der Waals surface area (Å²) >= 11 is 0. The van der Waals surface area contributed by atoms with Crippen molar-refractivity contribution in [3.63, 3.8) is 0 Å². The van der Waals surface area contributed by atoms with E-state index in [1.165, 1.54) is 4.90 Å². The van der Waals surface area contributed by atoms with Crippen molar-refractivity contribution in [3.8, 4) is 5.75 Å². The van der Waals surface area contributed by atoms with Crippen LogP contribution >= 0.6 is 0 Å². The molecular formula is C18H23N3O5. The second kappa shape index (κ2) is 8.07. The van der Waals surface area contributed by atoms with Crippen molar-refractivity contribution in [1.29, 1.82) is 0 Å². The van der Waals surface area contributed by atoms with Crippen LogP contribution < -0.4 is 10.1 Å². The summed E-state index contributed by atoms with van der Waals surface area (Å²) in [7, 11) is 1.62. The lowest BCUT2D eigenvalue weighted by Gasteiger charge is -2.18. The molecule has 140 valence electrons. The summed E-state index contributed by atoms with van der Waals surface area (Å²) < 4.78 is 9.93. The number of hydrogen-bond donors (Lipinski definition) is 1. The van der Waals surface area contributed by atoms with Gasteiger partial charge in [-0.15, -0.1) is 0 Å². The van der Waals surface area contributed by atoms with E-state index in [-0.39, 0.29) is 24.4 Å². The van der Waals surface area contributed by atoms with E-state index in [1.54, 1.807) is 12.0 Å². The highest BCUT2D eigenvalue weighted by Gasteiger charge is 2.31. The first-order chi connectivity index (χ1) is 12.5. The monoisotopic (exact) mass is 361 g/mol. The number of nitrogens with one attached hydrogen (secondary N) is 1. The molecule has 3 rings (SSSR count). The lowest BCUT2D eigenvalue weighted by atomic mass is 10.1. The van der Waals surface area contributed by atoms with Crippen molar-refractivity contribution in [1.82, 2.24) is 15.1 Å². The molecule has 0 spiro atoms. The summed E-state index contributed by atoms with van der Waals surface area (Å²) in [6, 6.07) is 7.53. The van der Waals surface area contributed by atoms with E-state index < -0.39 is 6.09 Å². The number of carbonyl (C=O) groups excluding carboxylic acids is 3. The number of benzene rings is 1. The minimum atomic E-state index is -0.469. The maximum Gasteiger partial charge on any atom is 0.410 e. The zero-order valence-corrected chi connectivity index (χ0v) is 14.8. The zero-order valence-electron chi connectivity index (χ0n) is 14.8. The van der Waals surface area contributed by atoms with Crippen molar-refractivity contribution in [3.05, 3.63) is 29.8 Å². The summed E-state index contributed by atoms with van der Waals surface area (Å²) in [5, 5.41) is 2.83. The fraction of sp³-hybridized carbons (Fsp3) is 0.500. The molecule has 0 unspecified atom stereocenters. The number of rotatable bonds is 7. The number of hydrogen-bond acceptors (Lipinski definition) is 5. The molecule has 2 heterocycles. The molecule has 1 aromatic carbocycles. The van der Waals surface area contributed by atoms with Crippen molar-refractivity contribution in [2.24, 2.45) is 0 Å². The number of likely N-dealkylation sites (tertiary alicyclic amines) is 1. The third kappa shape index (κ3) is 4.44. The van der Waals surface area contributed by atoms with E-state index in [1.807, 2.05) is 24.3 Å². The number of amides is 3. The molecule has 2 aliphatic heterocycles. The number of ether oxygens (including phenoxy) is 2. The highest BCUT2D eigenvalue weighted by atomic mass is 16.6. The third-order valence-corrected chi connectivity index (χ3v) is 4.59. The Bertz CT molecular complexity index is 676. The predicted molar refractivity (Wildman–Crippen MR) is 92.7 cm³/mol. The van der Waals surface area contributed by atoms with Gasteiger partial charge in [-0.1, -0.05) is 12.1 Å². The van der Waals surface area contributed by atoms with Crippen LogP contribution in [-0.2, 0) is 20.7 Å². The van der Waals surface area contributed by atoms with Crippen LogP contribution in [0.2, 0.25) is 0 Å². The van der Waals surface area contributed by atoms with E-state index in [0.717, 1.165) is 17.7 Å². The van der Waals surface area contributed by atoms with Crippen LogP contribution in [0.3, 0.4) is 0 Å². The Balaban J connectivity index is 1.44. The number of cyclic esters (lactones) is 1. The maximum atomic E-state index is 12.2. The Hall–Kier alpha value is -2.77. The number of methoxy groups -OCH3 is 1. The van der Waals surface area contributed by atoms with Crippen molar-refractivity contribution >= 4 is 17.9 Å². The predicted octanol–water partition coefficient (Wildman–Crippen LogP) is 0.407. The first-order valence-electron chi connectivity index (χ1n) is 8.67. The third-order valence-electron chi connectivity index (χ3n) is 4.59. The first kappa shape index (κ1) is 18.0. The molecule has 0 saturated carbocycles. The lowest BCUT2D eigenvalue weighted by molar-refractivity contribution is -0.127. The average Bonchev–Trinajstić information content (AvgIpc) is 3.18. The molecular weight excluding hydrogens is 338 g/mol. The van der Waals surface area contributed by atoms with E-state index in [4.69, 9.17) is 9.47 Å². The minimum Gasteiger partial charge on any atom is -0.497 e. The van der Waals surface area contributed by atoms with Crippen molar-refractivity contribution in [2.45, 2.75) is 18.9 Å². The molecule has 1 aromatic rings. The van der Waals surface area contributed by atoms with Crippen molar-refractivity contribution in [2.75, 3.05) is 39.9 Å². The molecule has 1 N–H and O–H groups in total. The fourth-order valence-electron chi connectivity index (χ4n) is 3.16.